The van der Waals surface area contributed by atoms with Crippen molar-refractivity contribution < 1.29 is 9.53 Å². The van der Waals surface area contributed by atoms with E-state index in [-0.39, 0.29) is 17.5 Å². The van der Waals surface area contributed by atoms with Crippen molar-refractivity contribution in [3.05, 3.63) is 28.2 Å². The van der Waals surface area contributed by atoms with Gasteiger partial charge in [0.05, 0.1) is 18.1 Å². The molecule has 2 heterocycles. The molecule has 1 aromatic rings. The van der Waals surface area contributed by atoms with Crippen LogP contribution >= 0.6 is 11.8 Å². The molecule has 1 unspecified atom stereocenters. The molecule has 0 aromatic heterocycles. The maximum absolute atomic E-state index is 13.9. The molecule has 202 valence electrons. The number of methoxy groups -OCH3 is 1. The molecule has 1 saturated heterocycles. The smallest absolute Gasteiger partial charge is 0.267 e. The lowest BCUT2D eigenvalue weighted by Gasteiger charge is -2.47. The average Bonchev–Trinajstić information content (AvgIpc) is 3.19. The summed E-state index contributed by atoms with van der Waals surface area (Å²) in [5, 5.41) is 0.944. The van der Waals surface area contributed by atoms with Gasteiger partial charge in [-0.3, -0.25) is 14.7 Å². The lowest BCUT2D eigenvalue weighted by atomic mass is 9.79. The van der Waals surface area contributed by atoms with Gasteiger partial charge in [-0.2, -0.15) is 0 Å². The Morgan fingerprint density at radius 3 is 2.41 bits per heavy atom. The van der Waals surface area contributed by atoms with Crippen LogP contribution in [0.4, 0.5) is 5.69 Å². The first-order valence-electron chi connectivity index (χ1n) is 14.6. The van der Waals surface area contributed by atoms with Crippen molar-refractivity contribution in [2.75, 3.05) is 18.6 Å². The minimum absolute atomic E-state index is 0.106. The van der Waals surface area contributed by atoms with Gasteiger partial charge in [-0.15, -0.1) is 0 Å². The van der Waals surface area contributed by atoms with Gasteiger partial charge in [0.2, 0.25) is 0 Å². The molecule has 6 heteroatoms. The minimum atomic E-state index is 0.106. The van der Waals surface area contributed by atoms with Crippen molar-refractivity contribution in [3.8, 4) is 5.75 Å². The molecule has 3 fully saturated rings. The molecule has 5 nitrogen and oxygen atoms in total. The van der Waals surface area contributed by atoms with Gasteiger partial charge in [0, 0.05) is 35.4 Å². The Bertz CT molecular complexity index is 1070. The number of amides is 1. The number of aliphatic imine (C=N–C) groups is 1. The first-order valence-corrected chi connectivity index (χ1v) is 15.4. The zero-order valence-corrected chi connectivity index (χ0v) is 24.3. The van der Waals surface area contributed by atoms with Crippen LogP contribution in [0.25, 0.3) is 6.08 Å². The van der Waals surface area contributed by atoms with Crippen molar-refractivity contribution in [1.82, 2.24) is 4.90 Å². The lowest BCUT2D eigenvalue weighted by Crippen LogP contribution is -2.48. The Morgan fingerprint density at radius 2 is 1.76 bits per heavy atom. The van der Waals surface area contributed by atoms with Crippen LogP contribution in [0.15, 0.2) is 22.0 Å². The molecule has 2 aliphatic carbocycles. The van der Waals surface area contributed by atoms with E-state index in [0.29, 0.717) is 12.0 Å². The first kappa shape index (κ1) is 26.6. The van der Waals surface area contributed by atoms with E-state index in [1.807, 2.05) is 0 Å². The SMILES string of the molecule is CCN1c2cc(OC)c(/C=C3/SC(=NC4CCCCC4)N(C4CCCCC4)C3=O)cc2C(C)CC1(C)C. The summed E-state index contributed by atoms with van der Waals surface area (Å²) in [7, 11) is 1.74. The number of carbonyl (C=O) groups excluding carboxylic acids is 1. The van der Waals surface area contributed by atoms with Crippen molar-refractivity contribution in [2.24, 2.45) is 4.99 Å². The third kappa shape index (κ3) is 5.32. The summed E-state index contributed by atoms with van der Waals surface area (Å²) in [5.41, 5.74) is 3.72. The van der Waals surface area contributed by atoms with Crippen molar-refractivity contribution in [3.63, 3.8) is 0 Å². The van der Waals surface area contributed by atoms with Gasteiger partial charge in [0.25, 0.3) is 5.91 Å². The van der Waals surface area contributed by atoms with E-state index in [9.17, 15) is 4.79 Å². The number of carbonyl (C=O) groups is 1. The summed E-state index contributed by atoms with van der Waals surface area (Å²) >= 11 is 1.59. The Labute approximate surface area is 228 Å². The summed E-state index contributed by atoms with van der Waals surface area (Å²) in [5.74, 6) is 1.42. The van der Waals surface area contributed by atoms with Gasteiger partial charge >= 0.3 is 0 Å². The molecule has 37 heavy (non-hydrogen) atoms. The van der Waals surface area contributed by atoms with Crippen LogP contribution in [-0.2, 0) is 4.79 Å². The van der Waals surface area contributed by atoms with Crippen LogP contribution in [0.1, 0.15) is 115 Å². The summed E-state index contributed by atoms with van der Waals surface area (Å²) in [6.07, 6.45) is 15.2. The van der Waals surface area contributed by atoms with E-state index < -0.39 is 0 Å². The monoisotopic (exact) mass is 523 g/mol. The quantitative estimate of drug-likeness (QED) is 0.370. The molecule has 0 N–H and O–H groups in total. The van der Waals surface area contributed by atoms with Gasteiger partial charge in [-0.25, -0.2) is 0 Å². The summed E-state index contributed by atoms with van der Waals surface area (Å²) in [6, 6.07) is 5.12. The average molecular weight is 524 g/mol. The maximum atomic E-state index is 13.9. The topological polar surface area (TPSA) is 45.1 Å². The molecular weight excluding hydrogens is 478 g/mol. The zero-order chi connectivity index (χ0) is 26.2. The van der Waals surface area contributed by atoms with E-state index in [2.05, 4.69) is 55.7 Å². The van der Waals surface area contributed by atoms with Crippen molar-refractivity contribution >= 4 is 34.6 Å². The molecule has 1 aromatic carbocycles. The van der Waals surface area contributed by atoms with E-state index >= 15 is 0 Å². The lowest BCUT2D eigenvalue weighted by molar-refractivity contribution is -0.124. The molecule has 2 saturated carbocycles. The number of amidine groups is 1. The van der Waals surface area contributed by atoms with Crippen LogP contribution < -0.4 is 9.64 Å². The molecular formula is C31H45N3O2S. The number of nitrogens with zero attached hydrogens (tertiary/aromatic N) is 3. The van der Waals surface area contributed by atoms with Crippen LogP contribution in [0, 0.1) is 0 Å². The number of fused-ring (bicyclic) bond motifs is 1. The normalized spacial score (nSPS) is 27.3. The second-order valence-electron chi connectivity index (χ2n) is 12.1. The van der Waals surface area contributed by atoms with E-state index in [0.717, 1.165) is 60.0 Å². The molecule has 0 radical (unpaired) electrons. The van der Waals surface area contributed by atoms with E-state index in [1.165, 1.54) is 49.8 Å². The Kier molecular flexibility index (Phi) is 7.95. The van der Waals surface area contributed by atoms with Crippen LogP contribution in [-0.4, -0.2) is 47.3 Å². The first-order chi connectivity index (χ1) is 17.8. The highest BCUT2D eigenvalue weighted by Gasteiger charge is 2.40. The van der Waals surface area contributed by atoms with Gasteiger partial charge in [0.1, 0.15) is 5.75 Å². The Balaban J connectivity index is 1.52. The summed E-state index contributed by atoms with van der Waals surface area (Å²) < 4.78 is 5.91. The second kappa shape index (κ2) is 11.0. The maximum Gasteiger partial charge on any atom is 0.267 e. The summed E-state index contributed by atoms with van der Waals surface area (Å²) in [4.78, 5) is 24.5. The molecule has 0 spiro atoms. The predicted molar refractivity (Wildman–Crippen MR) is 157 cm³/mol. The molecule has 5 rings (SSSR count). The number of ether oxygens (including phenoxy) is 1. The highest BCUT2D eigenvalue weighted by atomic mass is 32.2. The highest BCUT2D eigenvalue weighted by Crippen LogP contribution is 2.47. The minimum Gasteiger partial charge on any atom is -0.496 e. The van der Waals surface area contributed by atoms with E-state index in [1.54, 1.807) is 18.9 Å². The van der Waals surface area contributed by atoms with Crippen LogP contribution in [0.5, 0.6) is 5.75 Å². The Hall–Kier alpha value is -1.95. The molecule has 4 aliphatic rings. The largest absolute Gasteiger partial charge is 0.496 e. The fourth-order valence-corrected chi connectivity index (χ4v) is 8.26. The van der Waals surface area contributed by atoms with Gasteiger partial charge in [0.15, 0.2) is 5.17 Å². The number of anilines is 1. The van der Waals surface area contributed by atoms with Gasteiger partial charge in [-0.05, 0) is 88.3 Å². The third-order valence-electron chi connectivity index (χ3n) is 8.98. The van der Waals surface area contributed by atoms with Crippen LogP contribution in [0.3, 0.4) is 0 Å². The molecule has 1 amide bonds. The fourth-order valence-electron chi connectivity index (χ4n) is 7.16. The Morgan fingerprint density at radius 1 is 1.08 bits per heavy atom. The predicted octanol–water partition coefficient (Wildman–Crippen LogP) is 7.75. The number of rotatable bonds is 5. The molecule has 1 atom stereocenters. The number of benzene rings is 1. The number of hydrogen-bond acceptors (Lipinski definition) is 5. The number of hydrogen-bond donors (Lipinski definition) is 0. The third-order valence-corrected chi connectivity index (χ3v) is 9.98. The van der Waals surface area contributed by atoms with Crippen molar-refractivity contribution in [1.29, 1.82) is 0 Å². The molecule has 2 aliphatic heterocycles. The fraction of sp³-hybridized carbons (Fsp3) is 0.677. The standard InChI is InChI=1S/C31H45N3O2S/c1-6-33-26-19-27(36-5)22(17-25(26)21(2)20-31(33,3)4)18-28-29(35)34(24-15-11-8-12-16-24)30(37-28)32-23-13-9-7-10-14-23/h17-19,21,23-24H,6-16,20H2,1-5H3/b28-18+,32-30?. The summed E-state index contributed by atoms with van der Waals surface area (Å²) in [6.45, 7) is 10.2. The number of thioether (sulfide) groups is 1. The highest BCUT2D eigenvalue weighted by molar-refractivity contribution is 8.18. The van der Waals surface area contributed by atoms with Crippen molar-refractivity contribution in [2.45, 2.75) is 122 Å². The van der Waals surface area contributed by atoms with Gasteiger partial charge < -0.3 is 9.64 Å². The zero-order valence-electron chi connectivity index (χ0n) is 23.5. The second-order valence-corrected chi connectivity index (χ2v) is 13.1. The van der Waals surface area contributed by atoms with E-state index in [4.69, 9.17) is 9.73 Å². The van der Waals surface area contributed by atoms with Gasteiger partial charge in [-0.1, -0.05) is 45.4 Å². The molecule has 0 bridgehead atoms. The van der Waals surface area contributed by atoms with Crippen LogP contribution in [0.2, 0.25) is 0 Å².